The van der Waals surface area contributed by atoms with Crippen LogP contribution in [0.25, 0.3) is 21.8 Å². The van der Waals surface area contributed by atoms with E-state index in [1.165, 1.54) is 17.9 Å². The molecule has 0 saturated carbocycles. The number of aromatic nitrogens is 1. The third kappa shape index (κ3) is 3.78. The van der Waals surface area contributed by atoms with Gasteiger partial charge in [0.15, 0.2) is 0 Å². The Morgan fingerprint density at radius 3 is 2.23 bits per heavy atom. The first-order valence-electron chi connectivity index (χ1n) is 8.40. The van der Waals surface area contributed by atoms with E-state index in [9.17, 15) is 5.11 Å². The van der Waals surface area contributed by atoms with Crippen LogP contribution in [-0.2, 0) is 13.1 Å². The van der Waals surface area contributed by atoms with Crippen LogP contribution >= 0.6 is 45.2 Å². The molecular weight excluding hydrogens is 554 g/mol. The van der Waals surface area contributed by atoms with Crippen LogP contribution in [0.1, 0.15) is 5.76 Å². The van der Waals surface area contributed by atoms with Gasteiger partial charge in [0, 0.05) is 35.5 Å². The normalized spacial score (nSPS) is 12.9. The summed E-state index contributed by atoms with van der Waals surface area (Å²) in [7, 11) is 0. The Balaban J connectivity index is 1.60. The molecule has 1 atom stereocenters. The Morgan fingerprint density at radius 1 is 1.00 bits per heavy atom. The van der Waals surface area contributed by atoms with E-state index in [1.54, 1.807) is 6.26 Å². The highest BCUT2D eigenvalue weighted by Crippen LogP contribution is 2.31. The number of furan rings is 1. The zero-order chi connectivity index (χ0) is 18.1. The van der Waals surface area contributed by atoms with Crippen molar-refractivity contribution in [2.45, 2.75) is 19.2 Å². The lowest BCUT2D eigenvalue weighted by Crippen LogP contribution is -2.29. The van der Waals surface area contributed by atoms with E-state index in [4.69, 9.17) is 4.42 Å². The summed E-state index contributed by atoms with van der Waals surface area (Å²) in [6.07, 6.45) is 1.18. The van der Waals surface area contributed by atoms with Crippen molar-refractivity contribution in [2.24, 2.45) is 0 Å². The summed E-state index contributed by atoms with van der Waals surface area (Å²) in [5.74, 6) is 0.873. The molecule has 0 bridgehead atoms. The molecule has 2 aromatic heterocycles. The number of nitrogens with one attached hydrogen (secondary N) is 1. The van der Waals surface area contributed by atoms with Crippen molar-refractivity contribution < 1.29 is 9.52 Å². The van der Waals surface area contributed by atoms with E-state index >= 15 is 0 Å². The number of aliphatic hydroxyl groups excluding tert-OH is 1. The molecular formula is C20H18I2N2O2. The van der Waals surface area contributed by atoms with Gasteiger partial charge in [-0.05, 0) is 93.7 Å². The summed E-state index contributed by atoms with van der Waals surface area (Å²) in [6, 6.07) is 16.7. The molecule has 2 heterocycles. The van der Waals surface area contributed by atoms with Gasteiger partial charge in [0.1, 0.15) is 5.76 Å². The van der Waals surface area contributed by atoms with Crippen LogP contribution in [0.2, 0.25) is 0 Å². The lowest BCUT2D eigenvalue weighted by Gasteiger charge is -2.14. The number of hydrogen-bond acceptors (Lipinski definition) is 3. The summed E-state index contributed by atoms with van der Waals surface area (Å²) in [5.41, 5.74) is 2.32. The van der Waals surface area contributed by atoms with Crippen molar-refractivity contribution in [1.29, 1.82) is 0 Å². The zero-order valence-corrected chi connectivity index (χ0v) is 18.3. The van der Waals surface area contributed by atoms with Crippen LogP contribution in [0, 0.1) is 7.14 Å². The average Bonchev–Trinajstić information content (AvgIpc) is 3.22. The van der Waals surface area contributed by atoms with E-state index in [-0.39, 0.29) is 0 Å². The average molecular weight is 572 g/mol. The van der Waals surface area contributed by atoms with Gasteiger partial charge in [0.2, 0.25) is 0 Å². The number of benzene rings is 2. The maximum absolute atomic E-state index is 10.6. The summed E-state index contributed by atoms with van der Waals surface area (Å²) in [4.78, 5) is 0. The number of aliphatic hydroxyl groups is 1. The van der Waals surface area contributed by atoms with Crippen molar-refractivity contribution >= 4 is 67.0 Å². The second kappa shape index (κ2) is 7.87. The molecule has 0 aliphatic heterocycles. The monoisotopic (exact) mass is 572 g/mol. The minimum Gasteiger partial charge on any atom is -0.468 e. The third-order valence-corrected chi connectivity index (χ3v) is 5.78. The van der Waals surface area contributed by atoms with Gasteiger partial charge in [-0.1, -0.05) is 0 Å². The summed E-state index contributed by atoms with van der Waals surface area (Å²) in [6.45, 7) is 1.68. The quantitative estimate of drug-likeness (QED) is 0.329. The highest BCUT2D eigenvalue weighted by Gasteiger charge is 2.14. The molecule has 0 unspecified atom stereocenters. The van der Waals surface area contributed by atoms with Crippen LogP contribution in [0.4, 0.5) is 0 Å². The molecule has 2 aromatic carbocycles. The first-order chi connectivity index (χ1) is 12.6. The molecule has 0 saturated heterocycles. The summed E-state index contributed by atoms with van der Waals surface area (Å²) < 4.78 is 9.96. The van der Waals surface area contributed by atoms with Crippen molar-refractivity contribution in [3.63, 3.8) is 0 Å². The Kier molecular flexibility index (Phi) is 5.53. The molecule has 6 heteroatoms. The molecule has 0 aliphatic rings. The minimum atomic E-state index is -0.484. The van der Waals surface area contributed by atoms with Crippen molar-refractivity contribution in [3.05, 3.63) is 67.7 Å². The number of hydrogen-bond donors (Lipinski definition) is 2. The van der Waals surface area contributed by atoms with Gasteiger partial charge in [-0.2, -0.15) is 0 Å². The topological polar surface area (TPSA) is 50.3 Å². The van der Waals surface area contributed by atoms with Crippen molar-refractivity contribution in [1.82, 2.24) is 9.88 Å². The van der Waals surface area contributed by atoms with Gasteiger partial charge in [-0.25, -0.2) is 0 Å². The van der Waals surface area contributed by atoms with E-state index < -0.39 is 6.10 Å². The zero-order valence-electron chi connectivity index (χ0n) is 14.0. The maximum atomic E-state index is 10.6. The number of halogens is 2. The first-order valence-corrected chi connectivity index (χ1v) is 10.6. The van der Waals surface area contributed by atoms with Crippen molar-refractivity contribution in [2.75, 3.05) is 6.54 Å². The van der Waals surface area contributed by atoms with E-state index in [2.05, 4.69) is 91.5 Å². The fraction of sp³-hybridized carbons (Fsp3) is 0.200. The summed E-state index contributed by atoms with van der Waals surface area (Å²) in [5, 5.41) is 16.3. The van der Waals surface area contributed by atoms with Gasteiger partial charge >= 0.3 is 0 Å². The molecule has 0 radical (unpaired) electrons. The second-order valence-corrected chi connectivity index (χ2v) is 8.79. The summed E-state index contributed by atoms with van der Waals surface area (Å²) >= 11 is 4.70. The smallest absolute Gasteiger partial charge is 0.117 e. The molecule has 0 spiro atoms. The van der Waals surface area contributed by atoms with Crippen LogP contribution in [0.15, 0.2) is 59.2 Å². The highest BCUT2D eigenvalue weighted by atomic mass is 127. The predicted molar refractivity (Wildman–Crippen MR) is 121 cm³/mol. The predicted octanol–water partition coefficient (Wildman–Crippen LogP) is 4.75. The lowest BCUT2D eigenvalue weighted by atomic mass is 10.2. The Labute approximate surface area is 178 Å². The van der Waals surface area contributed by atoms with Gasteiger partial charge in [-0.3, -0.25) is 0 Å². The van der Waals surface area contributed by atoms with Crippen molar-refractivity contribution in [3.8, 4) is 0 Å². The van der Waals surface area contributed by atoms with E-state index in [0.717, 1.165) is 16.8 Å². The van der Waals surface area contributed by atoms with Crippen LogP contribution in [0.3, 0.4) is 0 Å². The maximum Gasteiger partial charge on any atom is 0.117 e. The van der Waals surface area contributed by atoms with Gasteiger partial charge in [0.25, 0.3) is 0 Å². The SMILES string of the molecule is O[C@@H](CNCc1ccco1)Cn1c2ccc(I)cc2c2cc(I)ccc21. The first kappa shape index (κ1) is 18.3. The Morgan fingerprint density at radius 2 is 1.65 bits per heavy atom. The molecule has 134 valence electrons. The van der Waals surface area contributed by atoms with E-state index in [0.29, 0.717) is 19.6 Å². The number of rotatable bonds is 6. The molecule has 0 amide bonds. The molecule has 0 aliphatic carbocycles. The van der Waals surface area contributed by atoms with E-state index in [1.807, 2.05) is 12.1 Å². The van der Waals surface area contributed by atoms with Gasteiger partial charge in [0.05, 0.1) is 25.5 Å². The Bertz CT molecular complexity index is 982. The highest BCUT2D eigenvalue weighted by molar-refractivity contribution is 14.1. The largest absolute Gasteiger partial charge is 0.468 e. The second-order valence-electron chi connectivity index (χ2n) is 6.30. The molecule has 2 N–H and O–H groups in total. The standard InChI is InChI=1S/C20H18I2N2O2/c21-13-3-5-19-17(8-13)18-9-14(22)4-6-20(18)24(19)12-15(25)10-23-11-16-2-1-7-26-16/h1-9,15,23,25H,10-12H2/t15-/m0/s1. The lowest BCUT2D eigenvalue weighted by molar-refractivity contribution is 0.153. The minimum absolute atomic E-state index is 0.484. The van der Waals surface area contributed by atoms with Gasteiger partial charge < -0.3 is 19.4 Å². The van der Waals surface area contributed by atoms with Gasteiger partial charge in [-0.15, -0.1) is 0 Å². The molecule has 4 nitrogen and oxygen atoms in total. The number of nitrogens with zero attached hydrogens (tertiary/aromatic N) is 1. The number of fused-ring (bicyclic) bond motifs is 3. The molecule has 0 fully saturated rings. The van der Waals surface area contributed by atoms with Crippen LogP contribution in [0.5, 0.6) is 0 Å². The fourth-order valence-corrected chi connectivity index (χ4v) is 4.28. The fourth-order valence-electron chi connectivity index (χ4n) is 3.30. The van der Waals surface area contributed by atoms with Crippen LogP contribution in [-0.4, -0.2) is 22.3 Å². The molecule has 4 rings (SSSR count). The third-order valence-electron chi connectivity index (χ3n) is 4.44. The Hall–Kier alpha value is -1.10. The molecule has 4 aromatic rings. The van der Waals surface area contributed by atoms with Crippen LogP contribution < -0.4 is 5.32 Å². The molecule has 26 heavy (non-hydrogen) atoms.